The second-order valence-electron chi connectivity index (χ2n) is 4.95. The lowest BCUT2D eigenvalue weighted by Gasteiger charge is -2.36. The van der Waals surface area contributed by atoms with E-state index < -0.39 is 5.97 Å². The number of aryl methyl sites for hydroxylation is 2. The van der Waals surface area contributed by atoms with E-state index in [4.69, 9.17) is 5.11 Å². The van der Waals surface area contributed by atoms with Crippen molar-refractivity contribution in [1.29, 1.82) is 0 Å². The van der Waals surface area contributed by atoms with Gasteiger partial charge in [0.1, 0.15) is 16.9 Å². The molecule has 0 bridgehead atoms. The van der Waals surface area contributed by atoms with Crippen molar-refractivity contribution in [3.63, 3.8) is 0 Å². The minimum Gasteiger partial charge on any atom is -0.477 e. The fraction of sp³-hybridized carbons (Fsp3) is 0.308. The van der Waals surface area contributed by atoms with Crippen LogP contribution in [0.1, 0.15) is 17.9 Å². The van der Waals surface area contributed by atoms with Crippen molar-refractivity contribution < 1.29 is 14.7 Å². The van der Waals surface area contributed by atoms with E-state index >= 15 is 0 Å². The Bertz CT molecular complexity index is 682. The molecule has 0 aromatic carbocycles. The molecule has 0 aliphatic carbocycles. The third kappa shape index (κ3) is 1.49. The van der Waals surface area contributed by atoms with Crippen LogP contribution < -0.4 is 0 Å². The number of nitrogens with zero attached hydrogens (tertiary/aromatic N) is 3. The average Bonchev–Trinajstić information content (AvgIpc) is 3.07. The Morgan fingerprint density at radius 1 is 1.55 bits per heavy atom. The molecule has 0 radical (unpaired) electrons. The predicted molar refractivity (Wildman–Crippen MR) is 72.5 cm³/mol. The highest BCUT2D eigenvalue weighted by Crippen LogP contribution is 2.45. The third-order valence-electron chi connectivity index (χ3n) is 3.73. The van der Waals surface area contributed by atoms with E-state index in [9.17, 15) is 9.59 Å². The number of imidazole rings is 1. The summed E-state index contributed by atoms with van der Waals surface area (Å²) in [5.41, 5.74) is 1.47. The summed E-state index contributed by atoms with van der Waals surface area (Å²) < 4.78 is 2.11. The maximum absolute atomic E-state index is 12.0. The number of carboxylic acids is 1. The molecule has 6 nitrogen and oxygen atoms in total. The topological polar surface area (TPSA) is 75.4 Å². The van der Waals surface area contributed by atoms with Crippen LogP contribution in [-0.4, -0.2) is 36.8 Å². The van der Waals surface area contributed by atoms with Crippen LogP contribution in [-0.2, 0) is 22.6 Å². The number of aliphatic carboxylic acids is 1. The molecule has 3 aliphatic heterocycles. The molecule has 102 valence electrons. The van der Waals surface area contributed by atoms with E-state index in [0.717, 1.165) is 30.9 Å². The molecule has 0 spiro atoms. The van der Waals surface area contributed by atoms with Crippen LogP contribution in [0.5, 0.6) is 0 Å². The quantitative estimate of drug-likeness (QED) is 0.650. The Labute approximate surface area is 118 Å². The summed E-state index contributed by atoms with van der Waals surface area (Å²) in [6.07, 6.45) is 5.83. The molecule has 4 rings (SSSR count). The standard InChI is InChI=1S/C13H11N3O3S/c17-11-8(12-16(11)9(6-20-12)13(18)19)4-7-5-15-3-1-2-10(15)14-7/h4-6,12H,1-3H2,(H,18,19)/b8-4+. The molecule has 0 saturated carbocycles. The largest absolute Gasteiger partial charge is 0.477 e. The first-order valence-corrected chi connectivity index (χ1v) is 7.29. The highest BCUT2D eigenvalue weighted by Gasteiger charge is 2.49. The van der Waals surface area contributed by atoms with Gasteiger partial charge in [0.2, 0.25) is 0 Å². The molecule has 1 amide bonds. The van der Waals surface area contributed by atoms with Gasteiger partial charge < -0.3 is 9.67 Å². The molecule has 1 N–H and O–H groups in total. The maximum Gasteiger partial charge on any atom is 0.353 e. The number of carbonyl (C=O) groups is 2. The fourth-order valence-electron chi connectivity index (χ4n) is 2.77. The number of thioether (sulfide) groups is 1. The van der Waals surface area contributed by atoms with Gasteiger partial charge in [-0.15, -0.1) is 11.8 Å². The van der Waals surface area contributed by atoms with Crippen molar-refractivity contribution >= 4 is 29.7 Å². The van der Waals surface area contributed by atoms with Crippen molar-refractivity contribution in [3.05, 3.63) is 34.4 Å². The van der Waals surface area contributed by atoms with Crippen LogP contribution in [0.4, 0.5) is 0 Å². The van der Waals surface area contributed by atoms with Gasteiger partial charge in [-0.2, -0.15) is 0 Å². The number of carbonyl (C=O) groups excluding carboxylic acids is 1. The predicted octanol–water partition coefficient (Wildman–Crippen LogP) is 1.05. The van der Waals surface area contributed by atoms with Gasteiger partial charge in [-0.25, -0.2) is 9.78 Å². The van der Waals surface area contributed by atoms with Crippen LogP contribution in [0.3, 0.4) is 0 Å². The number of carboxylic acid groups (broad SMARTS) is 1. The molecule has 1 aromatic rings. The molecule has 1 atom stereocenters. The summed E-state index contributed by atoms with van der Waals surface area (Å²) in [5, 5.41) is 10.3. The highest BCUT2D eigenvalue weighted by molar-refractivity contribution is 8.03. The number of hydrogen-bond donors (Lipinski definition) is 1. The number of aromatic nitrogens is 2. The fourth-order valence-corrected chi connectivity index (χ4v) is 3.89. The minimum absolute atomic E-state index is 0.0643. The molecular weight excluding hydrogens is 278 g/mol. The highest BCUT2D eigenvalue weighted by atomic mass is 32.2. The van der Waals surface area contributed by atoms with Gasteiger partial charge in [0, 0.05) is 24.6 Å². The molecule has 4 heterocycles. The van der Waals surface area contributed by atoms with Crippen LogP contribution >= 0.6 is 11.8 Å². The van der Waals surface area contributed by atoms with Crippen molar-refractivity contribution in [3.8, 4) is 0 Å². The lowest BCUT2D eigenvalue weighted by Crippen LogP contribution is -2.51. The van der Waals surface area contributed by atoms with Gasteiger partial charge in [0.05, 0.1) is 11.3 Å². The van der Waals surface area contributed by atoms with Crippen LogP contribution in [0.25, 0.3) is 6.08 Å². The summed E-state index contributed by atoms with van der Waals surface area (Å²) in [6.45, 7) is 0.981. The Morgan fingerprint density at radius 2 is 2.40 bits per heavy atom. The molecule has 20 heavy (non-hydrogen) atoms. The lowest BCUT2D eigenvalue weighted by molar-refractivity contribution is -0.141. The average molecular weight is 289 g/mol. The Morgan fingerprint density at radius 3 is 3.15 bits per heavy atom. The maximum atomic E-state index is 12.0. The van der Waals surface area contributed by atoms with Crippen LogP contribution in [0.2, 0.25) is 0 Å². The van der Waals surface area contributed by atoms with E-state index in [1.165, 1.54) is 22.1 Å². The summed E-state index contributed by atoms with van der Waals surface area (Å²) >= 11 is 1.35. The molecular formula is C13H11N3O3S. The van der Waals surface area contributed by atoms with E-state index in [2.05, 4.69) is 9.55 Å². The first kappa shape index (κ1) is 11.8. The zero-order valence-corrected chi connectivity index (χ0v) is 11.3. The second-order valence-corrected chi connectivity index (χ2v) is 5.90. The van der Waals surface area contributed by atoms with E-state index in [0.29, 0.717) is 5.57 Å². The van der Waals surface area contributed by atoms with E-state index in [1.807, 2.05) is 6.20 Å². The number of hydrogen-bond acceptors (Lipinski definition) is 4. The monoisotopic (exact) mass is 289 g/mol. The van der Waals surface area contributed by atoms with Crippen molar-refractivity contribution in [2.75, 3.05) is 0 Å². The van der Waals surface area contributed by atoms with Crippen LogP contribution in [0, 0.1) is 0 Å². The van der Waals surface area contributed by atoms with Crippen molar-refractivity contribution in [1.82, 2.24) is 14.5 Å². The number of fused-ring (bicyclic) bond motifs is 2. The van der Waals surface area contributed by atoms with Gasteiger partial charge in [-0.05, 0) is 12.5 Å². The van der Waals surface area contributed by atoms with Gasteiger partial charge in [-0.3, -0.25) is 9.69 Å². The Balaban J connectivity index is 1.61. The lowest BCUT2D eigenvalue weighted by atomic mass is 10.0. The summed E-state index contributed by atoms with van der Waals surface area (Å²) in [5.74, 6) is -0.237. The summed E-state index contributed by atoms with van der Waals surface area (Å²) in [7, 11) is 0. The van der Waals surface area contributed by atoms with Gasteiger partial charge >= 0.3 is 5.97 Å². The SMILES string of the molecule is O=C(O)C1=CSC2/C(=C/c3cn4c(n3)CCC4)C(=O)N12. The molecule has 7 heteroatoms. The normalized spacial score (nSPS) is 25.5. The zero-order valence-electron chi connectivity index (χ0n) is 10.4. The smallest absolute Gasteiger partial charge is 0.353 e. The van der Waals surface area contributed by atoms with Crippen LogP contribution in [0.15, 0.2) is 22.9 Å². The zero-order chi connectivity index (χ0) is 13.9. The Hall–Kier alpha value is -2.02. The number of β-lactam (4-membered cyclic amide) rings is 1. The molecule has 3 aliphatic rings. The molecule has 1 saturated heterocycles. The minimum atomic E-state index is -1.06. The van der Waals surface area contributed by atoms with Crippen molar-refractivity contribution in [2.24, 2.45) is 0 Å². The first-order chi connectivity index (χ1) is 9.65. The molecule has 1 aromatic heterocycles. The van der Waals surface area contributed by atoms with Crippen molar-refractivity contribution in [2.45, 2.75) is 24.8 Å². The van der Waals surface area contributed by atoms with Gasteiger partial charge in [-0.1, -0.05) is 0 Å². The number of amides is 1. The van der Waals surface area contributed by atoms with Gasteiger partial charge in [0.15, 0.2) is 0 Å². The summed E-state index contributed by atoms with van der Waals surface area (Å²) in [6, 6.07) is 0. The summed E-state index contributed by atoms with van der Waals surface area (Å²) in [4.78, 5) is 28.8. The van der Waals surface area contributed by atoms with E-state index in [1.54, 1.807) is 6.08 Å². The second kappa shape index (κ2) is 3.99. The first-order valence-electron chi connectivity index (χ1n) is 6.35. The molecule has 1 fully saturated rings. The molecule has 1 unspecified atom stereocenters. The Kier molecular flexibility index (Phi) is 2.35. The number of rotatable bonds is 2. The van der Waals surface area contributed by atoms with E-state index in [-0.39, 0.29) is 17.0 Å². The third-order valence-corrected chi connectivity index (χ3v) is 4.82. The van der Waals surface area contributed by atoms with Gasteiger partial charge in [0.25, 0.3) is 5.91 Å².